The molecule has 0 amide bonds. The lowest BCUT2D eigenvalue weighted by atomic mass is 9.81. The Kier molecular flexibility index (Phi) is 6.29. The van der Waals surface area contributed by atoms with Crippen LogP contribution in [0.25, 0.3) is 0 Å². The summed E-state index contributed by atoms with van der Waals surface area (Å²) in [6.45, 7) is 9.59. The predicted octanol–water partition coefficient (Wildman–Crippen LogP) is 4.19. The molecule has 154 valence electrons. The van der Waals surface area contributed by atoms with E-state index in [9.17, 15) is 4.79 Å². The normalized spacial score (nSPS) is 15.3. The second-order valence-electron chi connectivity index (χ2n) is 8.40. The lowest BCUT2D eigenvalue weighted by Gasteiger charge is -2.33. The molecule has 1 fully saturated rings. The number of rotatable bonds is 6. The summed E-state index contributed by atoms with van der Waals surface area (Å²) >= 11 is 0. The highest BCUT2D eigenvalue weighted by Crippen LogP contribution is 2.37. The van der Waals surface area contributed by atoms with Gasteiger partial charge in [0, 0.05) is 36.7 Å². The van der Waals surface area contributed by atoms with Gasteiger partial charge in [-0.05, 0) is 51.0 Å². The summed E-state index contributed by atoms with van der Waals surface area (Å²) < 4.78 is 12.2. The molecule has 2 aromatic rings. The molecular weight excluding hydrogens is 366 g/mol. The molecule has 1 N–H and O–H groups in total. The van der Waals surface area contributed by atoms with Crippen LogP contribution < -0.4 is 5.32 Å². The summed E-state index contributed by atoms with van der Waals surface area (Å²) in [4.78, 5) is 12.5. The lowest BCUT2D eigenvalue weighted by molar-refractivity contribution is -0.0399. The molecule has 6 heteroatoms. The van der Waals surface area contributed by atoms with Crippen LogP contribution in [0.2, 0.25) is 0 Å². The third kappa shape index (κ3) is 5.18. The van der Waals surface area contributed by atoms with E-state index >= 15 is 0 Å². The van der Waals surface area contributed by atoms with Crippen LogP contribution in [0.15, 0.2) is 30.5 Å². The van der Waals surface area contributed by atoms with Gasteiger partial charge in [-0.2, -0.15) is 9.78 Å². The van der Waals surface area contributed by atoms with Crippen LogP contribution in [0.1, 0.15) is 49.9 Å². The maximum Gasteiger partial charge on any atom is 0.435 e. The number of anilines is 1. The summed E-state index contributed by atoms with van der Waals surface area (Å²) in [7, 11) is 0. The molecule has 3 rings (SSSR count). The first kappa shape index (κ1) is 20.9. The van der Waals surface area contributed by atoms with Crippen LogP contribution >= 0.6 is 0 Å². The number of carbonyl (C=O) groups excluding carboxylic acids is 1. The average molecular weight is 396 g/mol. The van der Waals surface area contributed by atoms with Gasteiger partial charge >= 0.3 is 6.09 Å². The van der Waals surface area contributed by atoms with Crippen molar-refractivity contribution < 1.29 is 14.3 Å². The van der Waals surface area contributed by atoms with Crippen molar-refractivity contribution in [1.82, 2.24) is 9.78 Å². The minimum Gasteiger partial charge on any atom is -0.442 e. The molecule has 29 heavy (non-hydrogen) atoms. The molecule has 0 bridgehead atoms. The fourth-order valence-corrected chi connectivity index (χ4v) is 3.40. The zero-order valence-corrected chi connectivity index (χ0v) is 17.6. The Labute approximate surface area is 172 Å². The number of ether oxygens (including phenoxy) is 2. The Hall–Kier alpha value is -2.78. The second kappa shape index (κ2) is 8.71. The van der Waals surface area contributed by atoms with Gasteiger partial charge < -0.3 is 14.8 Å². The van der Waals surface area contributed by atoms with Crippen molar-refractivity contribution >= 4 is 11.8 Å². The van der Waals surface area contributed by atoms with E-state index in [0.29, 0.717) is 25.6 Å². The average Bonchev–Trinajstić information content (AvgIpc) is 2.98. The van der Waals surface area contributed by atoms with Crippen molar-refractivity contribution in [1.29, 1.82) is 0 Å². The first-order valence-corrected chi connectivity index (χ1v) is 9.93. The molecule has 0 spiro atoms. The van der Waals surface area contributed by atoms with Gasteiger partial charge in [0.25, 0.3) is 0 Å². The summed E-state index contributed by atoms with van der Waals surface area (Å²) in [5.41, 5.74) is 3.42. The van der Waals surface area contributed by atoms with Crippen molar-refractivity contribution in [3.63, 3.8) is 0 Å². The van der Waals surface area contributed by atoms with E-state index in [1.54, 1.807) is 6.20 Å². The molecule has 0 aliphatic carbocycles. The van der Waals surface area contributed by atoms with Gasteiger partial charge in [-0.25, -0.2) is 4.79 Å². The summed E-state index contributed by atoms with van der Waals surface area (Å²) in [6.07, 6.45) is 7.28. The molecule has 6 nitrogen and oxygen atoms in total. The third-order valence-electron chi connectivity index (χ3n) is 4.79. The number of nitrogens with zero attached hydrogens (tertiary/aromatic N) is 2. The Bertz CT molecular complexity index is 901. The Morgan fingerprint density at radius 2 is 2.21 bits per heavy atom. The number of hydrogen-bond acceptors (Lipinski definition) is 5. The molecule has 2 heterocycles. The van der Waals surface area contributed by atoms with E-state index in [-0.39, 0.29) is 5.92 Å². The van der Waals surface area contributed by atoms with E-state index in [1.165, 1.54) is 4.68 Å². The Balaban J connectivity index is 1.90. The molecule has 1 aromatic carbocycles. The van der Waals surface area contributed by atoms with Crippen LogP contribution in [0, 0.1) is 25.2 Å². The van der Waals surface area contributed by atoms with Crippen LogP contribution in [-0.4, -0.2) is 41.2 Å². The molecule has 1 unspecified atom stereocenters. The van der Waals surface area contributed by atoms with E-state index < -0.39 is 11.7 Å². The molecule has 1 atom stereocenters. The molecule has 1 aromatic heterocycles. The number of nitrogens with one attached hydrogen (secondary N) is 1. The van der Waals surface area contributed by atoms with Crippen molar-refractivity contribution in [2.24, 2.45) is 5.92 Å². The van der Waals surface area contributed by atoms with Crippen molar-refractivity contribution in [3.05, 3.63) is 47.3 Å². The number of aromatic nitrogens is 2. The smallest absolute Gasteiger partial charge is 0.435 e. The van der Waals surface area contributed by atoms with Gasteiger partial charge in [0.15, 0.2) is 0 Å². The van der Waals surface area contributed by atoms with Gasteiger partial charge in [-0.15, -0.1) is 12.3 Å². The van der Waals surface area contributed by atoms with E-state index in [0.717, 1.165) is 29.1 Å². The van der Waals surface area contributed by atoms with Gasteiger partial charge in [0.05, 0.1) is 18.9 Å². The first-order valence-electron chi connectivity index (χ1n) is 9.93. The van der Waals surface area contributed by atoms with Crippen molar-refractivity contribution in [2.45, 2.75) is 45.6 Å². The monoisotopic (exact) mass is 395 g/mol. The summed E-state index contributed by atoms with van der Waals surface area (Å²) in [6, 6.07) is 8.29. The SMILES string of the molecule is C#CCCNc1cccc(C(c2nn(C(=O)OC(C)(C)C)cc2C)C2COC2)c1. The van der Waals surface area contributed by atoms with Crippen LogP contribution in [0.5, 0.6) is 0 Å². The summed E-state index contributed by atoms with van der Waals surface area (Å²) in [5.74, 6) is 3.00. The number of benzene rings is 1. The van der Waals surface area contributed by atoms with E-state index in [1.807, 2.05) is 39.8 Å². The van der Waals surface area contributed by atoms with Gasteiger partial charge in [-0.3, -0.25) is 0 Å². The molecule has 1 aliphatic rings. The maximum absolute atomic E-state index is 12.5. The topological polar surface area (TPSA) is 65.4 Å². The minimum atomic E-state index is -0.573. The zero-order chi connectivity index (χ0) is 21.0. The van der Waals surface area contributed by atoms with E-state index in [2.05, 4.69) is 28.5 Å². The standard InChI is InChI=1S/C23H29N3O3/c1-6-7-11-24-19-10-8-9-17(12-19)20(18-14-28-15-18)21-16(2)13-26(25-21)22(27)29-23(3,4)5/h1,8-10,12-13,18,20,24H,7,11,14-15H2,2-5H3. The fourth-order valence-electron chi connectivity index (χ4n) is 3.40. The molecule has 0 saturated carbocycles. The predicted molar refractivity (Wildman–Crippen MR) is 113 cm³/mol. The fraction of sp³-hybridized carbons (Fsp3) is 0.478. The van der Waals surface area contributed by atoms with Gasteiger partial charge in [0.1, 0.15) is 5.60 Å². The first-order chi connectivity index (χ1) is 13.8. The highest BCUT2D eigenvalue weighted by molar-refractivity contribution is 5.70. The Morgan fingerprint density at radius 1 is 1.45 bits per heavy atom. The van der Waals surface area contributed by atoms with Gasteiger partial charge in [-0.1, -0.05) is 12.1 Å². The highest BCUT2D eigenvalue weighted by atomic mass is 16.6. The van der Waals surface area contributed by atoms with E-state index in [4.69, 9.17) is 15.9 Å². The lowest BCUT2D eigenvalue weighted by Crippen LogP contribution is -2.34. The molecule has 1 saturated heterocycles. The molecule has 1 aliphatic heterocycles. The third-order valence-corrected chi connectivity index (χ3v) is 4.79. The number of terminal acetylenes is 1. The van der Waals surface area contributed by atoms with Crippen LogP contribution in [-0.2, 0) is 9.47 Å². The van der Waals surface area contributed by atoms with Crippen LogP contribution in [0.3, 0.4) is 0 Å². The molecule has 0 radical (unpaired) electrons. The highest BCUT2D eigenvalue weighted by Gasteiger charge is 2.34. The number of hydrogen-bond donors (Lipinski definition) is 1. The van der Waals surface area contributed by atoms with Crippen LogP contribution in [0.4, 0.5) is 10.5 Å². The zero-order valence-electron chi connectivity index (χ0n) is 17.6. The Morgan fingerprint density at radius 3 is 2.83 bits per heavy atom. The minimum absolute atomic E-state index is 0.0434. The number of carbonyl (C=O) groups is 1. The van der Waals surface area contributed by atoms with Gasteiger partial charge in [0.2, 0.25) is 0 Å². The van der Waals surface area contributed by atoms with Crippen molar-refractivity contribution in [3.8, 4) is 12.3 Å². The summed E-state index contributed by atoms with van der Waals surface area (Å²) in [5, 5.41) is 7.98. The quantitative estimate of drug-likeness (QED) is 0.587. The van der Waals surface area contributed by atoms with Crippen molar-refractivity contribution in [2.75, 3.05) is 25.1 Å². The maximum atomic E-state index is 12.5. The number of aryl methyl sites for hydroxylation is 1. The largest absolute Gasteiger partial charge is 0.442 e. The second-order valence-corrected chi connectivity index (χ2v) is 8.40. The molecular formula is C23H29N3O3.